The van der Waals surface area contributed by atoms with Crippen molar-refractivity contribution in [2.24, 2.45) is 5.92 Å². The van der Waals surface area contributed by atoms with E-state index in [1.54, 1.807) is 7.11 Å². The van der Waals surface area contributed by atoms with Crippen LogP contribution in [0.5, 0.6) is 5.75 Å². The van der Waals surface area contributed by atoms with E-state index in [0.29, 0.717) is 6.04 Å². The van der Waals surface area contributed by atoms with Gasteiger partial charge in [-0.05, 0) is 49.6 Å². The van der Waals surface area contributed by atoms with Crippen molar-refractivity contribution in [2.75, 3.05) is 26.7 Å². The smallest absolute Gasteiger partial charge is 0.159 e. The third-order valence-electron chi connectivity index (χ3n) is 5.17. The second kappa shape index (κ2) is 6.87. The minimum atomic E-state index is 0.657. The van der Waals surface area contributed by atoms with Gasteiger partial charge in [-0.25, -0.2) is 9.97 Å². The van der Waals surface area contributed by atoms with Crippen LogP contribution in [-0.4, -0.2) is 47.7 Å². The first kappa shape index (κ1) is 15.5. The second-order valence-electron chi connectivity index (χ2n) is 6.83. The third-order valence-corrected chi connectivity index (χ3v) is 5.17. The van der Waals surface area contributed by atoms with E-state index in [1.807, 2.05) is 36.7 Å². The second-order valence-corrected chi connectivity index (χ2v) is 6.83. The molecule has 3 saturated heterocycles. The van der Waals surface area contributed by atoms with Crippen LogP contribution < -0.4 is 10.1 Å². The van der Waals surface area contributed by atoms with Crippen LogP contribution in [0.1, 0.15) is 18.4 Å². The number of aromatic nitrogens is 2. The standard InChI is InChI=1S/C19H24N4O/c1-24-18-6-3-16(4-7-18)19-21-9-15(10-22-19)13-23-12-14-2-5-17(23)11-20-8-14/h3-4,6-7,9-10,14,17,20H,2,5,8,11-13H2,1H3/t14-,17+/m0/s1. The van der Waals surface area contributed by atoms with Crippen molar-refractivity contribution >= 4 is 0 Å². The minimum absolute atomic E-state index is 0.657. The molecule has 5 heteroatoms. The predicted octanol–water partition coefficient (Wildman–Crippen LogP) is 2.34. The lowest BCUT2D eigenvalue weighted by molar-refractivity contribution is 0.126. The zero-order valence-corrected chi connectivity index (χ0v) is 14.1. The van der Waals surface area contributed by atoms with Crippen molar-refractivity contribution in [3.63, 3.8) is 0 Å². The molecule has 0 amide bonds. The summed E-state index contributed by atoms with van der Waals surface area (Å²) in [7, 11) is 1.67. The molecule has 126 valence electrons. The highest BCUT2D eigenvalue weighted by atomic mass is 16.5. The van der Waals surface area contributed by atoms with Crippen LogP contribution in [-0.2, 0) is 6.54 Å². The lowest BCUT2D eigenvalue weighted by atomic mass is 9.95. The van der Waals surface area contributed by atoms with Crippen molar-refractivity contribution in [1.82, 2.24) is 20.2 Å². The maximum absolute atomic E-state index is 5.19. The summed E-state index contributed by atoms with van der Waals surface area (Å²) in [6.07, 6.45) is 6.61. The van der Waals surface area contributed by atoms with Gasteiger partial charge in [-0.2, -0.15) is 0 Å². The summed E-state index contributed by atoms with van der Waals surface area (Å²) in [6, 6.07) is 8.52. The molecule has 2 aromatic rings. The van der Waals surface area contributed by atoms with E-state index in [2.05, 4.69) is 20.2 Å². The molecule has 1 aromatic heterocycles. The van der Waals surface area contributed by atoms with Gasteiger partial charge in [0.2, 0.25) is 0 Å². The maximum Gasteiger partial charge on any atom is 0.159 e. The van der Waals surface area contributed by atoms with Crippen LogP contribution in [0.25, 0.3) is 11.4 Å². The van der Waals surface area contributed by atoms with Crippen LogP contribution >= 0.6 is 0 Å². The molecule has 5 nitrogen and oxygen atoms in total. The Balaban J connectivity index is 1.45. The van der Waals surface area contributed by atoms with Crippen LogP contribution in [0, 0.1) is 5.92 Å². The fraction of sp³-hybridized carbons (Fsp3) is 0.474. The van der Waals surface area contributed by atoms with Gasteiger partial charge in [0.1, 0.15) is 5.75 Å². The largest absolute Gasteiger partial charge is 0.497 e. The molecule has 0 radical (unpaired) electrons. The maximum atomic E-state index is 5.19. The van der Waals surface area contributed by atoms with Gasteiger partial charge >= 0.3 is 0 Å². The van der Waals surface area contributed by atoms with Crippen LogP contribution in [0.4, 0.5) is 0 Å². The first-order valence-corrected chi connectivity index (χ1v) is 8.72. The number of piperidine rings is 1. The molecule has 3 aliphatic heterocycles. The van der Waals surface area contributed by atoms with E-state index >= 15 is 0 Å². The van der Waals surface area contributed by atoms with Crippen molar-refractivity contribution in [3.05, 3.63) is 42.2 Å². The molecule has 1 N–H and O–H groups in total. The topological polar surface area (TPSA) is 50.3 Å². The molecule has 3 aliphatic rings. The Morgan fingerprint density at radius 1 is 1.12 bits per heavy atom. The molecule has 1 aromatic carbocycles. The SMILES string of the molecule is COc1ccc(-c2ncc(CN3C[C@H]4CC[C@@H]3CNC4)cn2)cc1. The normalized spacial score (nSPS) is 23.9. The summed E-state index contributed by atoms with van der Waals surface area (Å²) in [5.74, 6) is 2.41. The number of rotatable bonds is 4. The zero-order valence-electron chi connectivity index (χ0n) is 14.1. The van der Waals surface area contributed by atoms with Crippen molar-refractivity contribution in [1.29, 1.82) is 0 Å². The van der Waals surface area contributed by atoms with Gasteiger partial charge in [0.05, 0.1) is 7.11 Å². The average Bonchev–Trinajstić information content (AvgIpc) is 2.98. The highest BCUT2D eigenvalue weighted by Gasteiger charge is 2.31. The van der Waals surface area contributed by atoms with E-state index in [1.165, 1.54) is 31.5 Å². The van der Waals surface area contributed by atoms with Crippen molar-refractivity contribution < 1.29 is 4.74 Å². The summed E-state index contributed by atoms with van der Waals surface area (Å²) in [5.41, 5.74) is 2.21. The molecule has 4 heterocycles. The van der Waals surface area contributed by atoms with Gasteiger partial charge in [0.15, 0.2) is 5.82 Å². The number of fused-ring (bicyclic) bond motifs is 4. The van der Waals surface area contributed by atoms with E-state index in [9.17, 15) is 0 Å². The molecule has 0 aliphatic carbocycles. The lowest BCUT2D eigenvalue weighted by Gasteiger charge is -2.35. The Hall–Kier alpha value is -1.98. The molecule has 0 saturated carbocycles. The molecule has 0 unspecified atom stereocenters. The lowest BCUT2D eigenvalue weighted by Crippen LogP contribution is -2.43. The molecule has 2 atom stereocenters. The monoisotopic (exact) mass is 324 g/mol. The fourth-order valence-electron chi connectivity index (χ4n) is 3.79. The third kappa shape index (κ3) is 3.28. The highest BCUT2D eigenvalue weighted by molar-refractivity contribution is 5.55. The number of hydrogen-bond acceptors (Lipinski definition) is 5. The summed E-state index contributed by atoms with van der Waals surface area (Å²) < 4.78 is 5.19. The Kier molecular flexibility index (Phi) is 4.45. The van der Waals surface area contributed by atoms with E-state index in [4.69, 9.17) is 4.74 Å². The van der Waals surface area contributed by atoms with Crippen molar-refractivity contribution in [2.45, 2.75) is 25.4 Å². The number of ether oxygens (including phenoxy) is 1. The number of hydrogen-bond donors (Lipinski definition) is 1. The summed E-state index contributed by atoms with van der Waals surface area (Å²) >= 11 is 0. The molecule has 0 spiro atoms. The van der Waals surface area contributed by atoms with Crippen LogP contribution in [0.15, 0.2) is 36.7 Å². The molecular weight excluding hydrogens is 300 g/mol. The number of nitrogens with one attached hydrogen (secondary N) is 1. The van der Waals surface area contributed by atoms with Gasteiger partial charge in [-0.3, -0.25) is 4.90 Å². The fourth-order valence-corrected chi connectivity index (χ4v) is 3.79. The van der Waals surface area contributed by atoms with E-state index < -0.39 is 0 Å². The van der Waals surface area contributed by atoms with Gasteiger partial charge < -0.3 is 10.1 Å². The number of nitrogens with zero attached hydrogens (tertiary/aromatic N) is 3. The number of methoxy groups -OCH3 is 1. The quantitative estimate of drug-likeness (QED) is 0.935. The van der Waals surface area contributed by atoms with E-state index in [0.717, 1.165) is 36.1 Å². The Labute approximate surface area is 143 Å². The Bertz CT molecular complexity index is 667. The summed E-state index contributed by atoms with van der Waals surface area (Å²) in [6.45, 7) is 4.42. The average molecular weight is 324 g/mol. The molecule has 24 heavy (non-hydrogen) atoms. The van der Waals surface area contributed by atoms with Gasteiger partial charge in [-0.1, -0.05) is 0 Å². The summed E-state index contributed by atoms with van der Waals surface area (Å²) in [4.78, 5) is 11.7. The van der Waals surface area contributed by atoms with Gasteiger partial charge in [-0.15, -0.1) is 0 Å². The predicted molar refractivity (Wildman–Crippen MR) is 93.8 cm³/mol. The highest BCUT2D eigenvalue weighted by Crippen LogP contribution is 2.26. The molecule has 5 rings (SSSR count). The Morgan fingerprint density at radius 3 is 2.67 bits per heavy atom. The first-order valence-electron chi connectivity index (χ1n) is 8.72. The van der Waals surface area contributed by atoms with E-state index in [-0.39, 0.29) is 0 Å². The zero-order chi connectivity index (χ0) is 16.4. The van der Waals surface area contributed by atoms with Gasteiger partial charge in [0, 0.05) is 49.2 Å². The molecule has 3 fully saturated rings. The van der Waals surface area contributed by atoms with Crippen LogP contribution in [0.3, 0.4) is 0 Å². The molecular formula is C19H24N4O. The molecule has 2 bridgehead atoms. The summed E-state index contributed by atoms with van der Waals surface area (Å²) in [5, 5.41) is 3.58. The minimum Gasteiger partial charge on any atom is -0.497 e. The first-order chi connectivity index (χ1) is 11.8. The van der Waals surface area contributed by atoms with Gasteiger partial charge in [0.25, 0.3) is 0 Å². The number of benzene rings is 1. The van der Waals surface area contributed by atoms with Crippen molar-refractivity contribution in [3.8, 4) is 17.1 Å². The van der Waals surface area contributed by atoms with Crippen LogP contribution in [0.2, 0.25) is 0 Å². The Morgan fingerprint density at radius 2 is 1.92 bits per heavy atom.